The van der Waals surface area contributed by atoms with E-state index in [2.05, 4.69) is 20.4 Å². The highest BCUT2D eigenvalue weighted by Gasteiger charge is 2.18. The van der Waals surface area contributed by atoms with E-state index in [1.807, 2.05) is 26.0 Å². The van der Waals surface area contributed by atoms with Crippen molar-refractivity contribution >= 4 is 34.4 Å². The fraction of sp³-hybridized carbons (Fsp3) is 0.250. The number of hydrogen-bond donors (Lipinski definition) is 3. The quantitative estimate of drug-likeness (QED) is 0.288. The van der Waals surface area contributed by atoms with Gasteiger partial charge in [-0.2, -0.15) is 4.98 Å². The van der Waals surface area contributed by atoms with Gasteiger partial charge in [-0.05, 0) is 44.5 Å². The zero-order valence-electron chi connectivity index (χ0n) is 18.6. The zero-order valence-corrected chi connectivity index (χ0v) is 19.3. The molecule has 0 bridgehead atoms. The van der Waals surface area contributed by atoms with Gasteiger partial charge in [-0.25, -0.2) is 0 Å². The lowest BCUT2D eigenvalue weighted by Crippen LogP contribution is -2.24. The van der Waals surface area contributed by atoms with Gasteiger partial charge in [0.2, 0.25) is 5.82 Å². The van der Waals surface area contributed by atoms with Gasteiger partial charge in [0, 0.05) is 35.7 Å². The first-order valence-corrected chi connectivity index (χ1v) is 11.1. The van der Waals surface area contributed by atoms with Crippen LogP contribution in [0.4, 0.5) is 0 Å². The van der Waals surface area contributed by atoms with Crippen LogP contribution >= 0.6 is 11.6 Å². The van der Waals surface area contributed by atoms with Gasteiger partial charge in [-0.15, -0.1) is 0 Å². The molecular formula is C24H23ClN4O5. The number of fused-ring (bicyclic) bond motifs is 1. The molecule has 3 N–H and O–H groups in total. The Balaban J connectivity index is 1.57. The van der Waals surface area contributed by atoms with Crippen LogP contribution in [-0.2, 0) is 4.79 Å². The van der Waals surface area contributed by atoms with Crippen molar-refractivity contribution in [3.05, 3.63) is 53.2 Å². The summed E-state index contributed by atoms with van der Waals surface area (Å²) in [5.74, 6) is 0.0426. The number of ether oxygens (including phenoxy) is 1. The highest BCUT2D eigenvalue weighted by Crippen LogP contribution is 2.33. The molecule has 0 unspecified atom stereocenters. The largest absolute Gasteiger partial charge is 0.489 e. The molecule has 0 radical (unpaired) electrons. The van der Waals surface area contributed by atoms with E-state index in [0.29, 0.717) is 56.5 Å². The van der Waals surface area contributed by atoms with Gasteiger partial charge in [-0.3, -0.25) is 9.59 Å². The van der Waals surface area contributed by atoms with Gasteiger partial charge >= 0.3 is 5.97 Å². The molecule has 2 heterocycles. The Labute approximate surface area is 200 Å². The maximum atomic E-state index is 12.6. The number of aromatic nitrogens is 3. The lowest BCUT2D eigenvalue weighted by atomic mass is 10.1. The van der Waals surface area contributed by atoms with Crippen molar-refractivity contribution in [3.8, 4) is 28.6 Å². The number of H-pyrrole nitrogens is 1. The second-order valence-electron chi connectivity index (χ2n) is 7.92. The van der Waals surface area contributed by atoms with Crippen LogP contribution in [0.1, 0.15) is 37.0 Å². The van der Waals surface area contributed by atoms with Gasteiger partial charge in [-0.1, -0.05) is 28.9 Å². The van der Waals surface area contributed by atoms with Crippen molar-refractivity contribution in [2.75, 3.05) is 6.54 Å². The minimum Gasteiger partial charge on any atom is -0.489 e. The molecule has 1 amide bonds. The molecule has 10 heteroatoms. The summed E-state index contributed by atoms with van der Waals surface area (Å²) < 4.78 is 11.1. The Morgan fingerprint density at radius 3 is 2.82 bits per heavy atom. The summed E-state index contributed by atoms with van der Waals surface area (Å²) in [6.07, 6.45) is 1.96. The van der Waals surface area contributed by atoms with Crippen LogP contribution in [0, 0.1) is 0 Å². The number of hydrogen-bond acceptors (Lipinski definition) is 6. The van der Waals surface area contributed by atoms with Crippen molar-refractivity contribution in [2.24, 2.45) is 0 Å². The SMILES string of the molecule is CC(C)Oc1ccc(-c2nc(-c3cccc4c(C(=O)NCCCC(=O)O)c[nH]c34)no2)cc1Cl. The first-order valence-electron chi connectivity index (χ1n) is 10.7. The van der Waals surface area contributed by atoms with E-state index < -0.39 is 5.97 Å². The zero-order chi connectivity index (χ0) is 24.2. The number of carbonyl (C=O) groups is 2. The third-order valence-corrected chi connectivity index (χ3v) is 5.32. The summed E-state index contributed by atoms with van der Waals surface area (Å²) in [4.78, 5) is 30.8. The number of carbonyl (C=O) groups excluding carboxylic acids is 1. The fourth-order valence-electron chi connectivity index (χ4n) is 3.50. The molecule has 2 aromatic carbocycles. The monoisotopic (exact) mass is 482 g/mol. The van der Waals surface area contributed by atoms with Crippen LogP contribution < -0.4 is 10.1 Å². The summed E-state index contributed by atoms with van der Waals surface area (Å²) in [5, 5.41) is 16.7. The Morgan fingerprint density at radius 1 is 1.26 bits per heavy atom. The molecule has 0 saturated carbocycles. The number of rotatable bonds is 9. The summed E-state index contributed by atoms with van der Waals surface area (Å²) in [6, 6.07) is 10.7. The van der Waals surface area contributed by atoms with Crippen LogP contribution in [0.25, 0.3) is 33.7 Å². The number of nitrogens with one attached hydrogen (secondary N) is 2. The molecule has 0 aliphatic rings. The molecule has 9 nitrogen and oxygen atoms in total. The molecule has 0 aliphatic heterocycles. The van der Waals surface area contributed by atoms with E-state index in [-0.39, 0.29) is 25.0 Å². The number of aromatic amines is 1. The van der Waals surface area contributed by atoms with Gasteiger partial charge in [0.25, 0.3) is 11.8 Å². The highest BCUT2D eigenvalue weighted by molar-refractivity contribution is 6.32. The summed E-state index contributed by atoms with van der Waals surface area (Å²) >= 11 is 6.33. The summed E-state index contributed by atoms with van der Waals surface area (Å²) in [7, 11) is 0. The number of para-hydroxylation sites is 1. The minimum absolute atomic E-state index is 0.00281. The second-order valence-corrected chi connectivity index (χ2v) is 8.33. The Bertz CT molecular complexity index is 1340. The molecular weight excluding hydrogens is 460 g/mol. The van der Waals surface area contributed by atoms with Crippen LogP contribution in [0.3, 0.4) is 0 Å². The number of carboxylic acid groups (broad SMARTS) is 1. The topological polar surface area (TPSA) is 130 Å². The van der Waals surface area contributed by atoms with Gasteiger partial charge in [0.1, 0.15) is 5.75 Å². The van der Waals surface area contributed by atoms with Crippen molar-refractivity contribution in [2.45, 2.75) is 32.8 Å². The lowest BCUT2D eigenvalue weighted by Gasteiger charge is -2.11. The maximum Gasteiger partial charge on any atom is 0.303 e. The van der Waals surface area contributed by atoms with Gasteiger partial charge in [0.15, 0.2) is 0 Å². The normalized spacial score (nSPS) is 11.2. The number of aliphatic carboxylic acids is 1. The maximum absolute atomic E-state index is 12.6. The van der Waals surface area contributed by atoms with Crippen molar-refractivity contribution in [3.63, 3.8) is 0 Å². The average molecular weight is 483 g/mol. The van der Waals surface area contributed by atoms with Crippen molar-refractivity contribution < 1.29 is 24.0 Å². The molecule has 2 aromatic heterocycles. The number of benzene rings is 2. The van der Waals surface area contributed by atoms with E-state index in [0.717, 1.165) is 0 Å². The highest BCUT2D eigenvalue weighted by atomic mass is 35.5. The molecule has 0 spiro atoms. The first-order chi connectivity index (χ1) is 16.3. The number of nitrogens with zero attached hydrogens (tertiary/aromatic N) is 2. The Morgan fingerprint density at radius 2 is 2.09 bits per heavy atom. The molecule has 176 valence electrons. The van der Waals surface area contributed by atoms with Gasteiger partial charge < -0.3 is 24.7 Å². The lowest BCUT2D eigenvalue weighted by molar-refractivity contribution is -0.137. The Kier molecular flexibility index (Phi) is 6.83. The summed E-state index contributed by atoms with van der Waals surface area (Å²) in [6.45, 7) is 4.11. The molecule has 4 rings (SSSR count). The average Bonchev–Trinajstić information content (AvgIpc) is 3.45. The third kappa shape index (κ3) is 5.04. The van der Waals surface area contributed by atoms with Gasteiger partial charge in [0.05, 0.1) is 22.2 Å². The van der Waals surface area contributed by atoms with E-state index in [4.69, 9.17) is 26.0 Å². The fourth-order valence-corrected chi connectivity index (χ4v) is 3.72. The van der Waals surface area contributed by atoms with Crippen molar-refractivity contribution in [1.82, 2.24) is 20.4 Å². The molecule has 0 fully saturated rings. The number of amides is 1. The minimum atomic E-state index is -0.896. The predicted octanol–water partition coefficient (Wildman–Crippen LogP) is 4.92. The number of halogens is 1. The standard InChI is InChI=1S/C24H23ClN4O5/c1-13(2)33-19-9-8-14(11-18(19)25)24-28-22(29-34-24)16-6-3-5-15-17(12-27-21(15)16)23(32)26-10-4-7-20(30)31/h3,5-6,8-9,11-13,27H,4,7,10H2,1-2H3,(H,26,32)(H,30,31). The first kappa shape index (κ1) is 23.3. The van der Waals surface area contributed by atoms with E-state index in [9.17, 15) is 9.59 Å². The van der Waals surface area contributed by atoms with E-state index in [1.54, 1.807) is 30.5 Å². The molecule has 4 aromatic rings. The molecule has 0 saturated heterocycles. The second kappa shape index (κ2) is 9.96. The number of carboxylic acids is 1. The van der Waals surface area contributed by atoms with Crippen molar-refractivity contribution in [1.29, 1.82) is 0 Å². The summed E-state index contributed by atoms with van der Waals surface area (Å²) in [5.41, 5.74) is 2.45. The predicted molar refractivity (Wildman–Crippen MR) is 127 cm³/mol. The van der Waals surface area contributed by atoms with E-state index >= 15 is 0 Å². The Hall–Kier alpha value is -3.85. The van der Waals surface area contributed by atoms with Crippen LogP contribution in [0.2, 0.25) is 5.02 Å². The molecule has 34 heavy (non-hydrogen) atoms. The van der Waals surface area contributed by atoms with Crippen LogP contribution in [0.15, 0.2) is 47.1 Å². The van der Waals surface area contributed by atoms with E-state index in [1.165, 1.54) is 0 Å². The van der Waals surface area contributed by atoms with Crippen LogP contribution in [-0.4, -0.2) is 44.8 Å². The third-order valence-electron chi connectivity index (χ3n) is 5.02. The molecule has 0 aliphatic carbocycles. The smallest absolute Gasteiger partial charge is 0.303 e. The molecule has 0 atom stereocenters. The van der Waals surface area contributed by atoms with Crippen LogP contribution in [0.5, 0.6) is 5.75 Å².